The van der Waals surface area contributed by atoms with Crippen LogP contribution < -0.4 is 5.32 Å². The summed E-state index contributed by atoms with van der Waals surface area (Å²) in [5, 5.41) is 3.35. The van der Waals surface area contributed by atoms with Gasteiger partial charge in [-0.05, 0) is 12.5 Å². The first kappa shape index (κ1) is 12.2. The molecule has 1 saturated heterocycles. The molecule has 1 aliphatic rings. The van der Waals surface area contributed by atoms with Crippen LogP contribution in [0.2, 0.25) is 0 Å². The molecule has 0 atom stereocenters. The lowest BCUT2D eigenvalue weighted by molar-refractivity contribution is 0.268. The predicted octanol–water partition coefficient (Wildman–Crippen LogP) is 1.45. The van der Waals surface area contributed by atoms with Crippen LogP contribution in [0.25, 0.3) is 0 Å². The smallest absolute Gasteiger partial charge is 0.0602 e. The Labute approximate surface area is 104 Å². The number of aryl methyl sites for hydroxylation is 1. The molecule has 1 fully saturated rings. The highest BCUT2D eigenvalue weighted by molar-refractivity contribution is 5.26. The minimum absolute atomic E-state index is 0.869. The van der Waals surface area contributed by atoms with Crippen molar-refractivity contribution in [3.8, 4) is 11.8 Å². The largest absolute Gasteiger partial charge is 0.314 e. The van der Waals surface area contributed by atoms with Crippen molar-refractivity contribution in [2.24, 2.45) is 0 Å². The Morgan fingerprint density at radius 2 is 2.06 bits per heavy atom. The molecule has 2 rings (SSSR count). The van der Waals surface area contributed by atoms with Gasteiger partial charge in [0.1, 0.15) is 0 Å². The van der Waals surface area contributed by atoms with Crippen LogP contribution in [0, 0.1) is 18.8 Å². The van der Waals surface area contributed by atoms with Gasteiger partial charge in [-0.15, -0.1) is 0 Å². The molecule has 0 bridgehead atoms. The van der Waals surface area contributed by atoms with Crippen LogP contribution in [0.15, 0.2) is 24.3 Å². The molecule has 0 aliphatic carbocycles. The molecule has 2 heteroatoms. The molecule has 0 amide bonds. The average molecular weight is 228 g/mol. The Morgan fingerprint density at radius 1 is 1.24 bits per heavy atom. The first-order chi connectivity index (χ1) is 8.34. The van der Waals surface area contributed by atoms with Crippen molar-refractivity contribution in [3.63, 3.8) is 0 Å². The van der Waals surface area contributed by atoms with Gasteiger partial charge in [-0.2, -0.15) is 0 Å². The topological polar surface area (TPSA) is 15.3 Å². The van der Waals surface area contributed by atoms with E-state index in [9.17, 15) is 0 Å². The molecule has 1 N–H and O–H groups in total. The van der Waals surface area contributed by atoms with Crippen LogP contribution in [0.4, 0.5) is 0 Å². The lowest BCUT2D eigenvalue weighted by atomic mass is 10.1. The van der Waals surface area contributed by atoms with Crippen LogP contribution in [-0.4, -0.2) is 37.6 Å². The fraction of sp³-hybridized carbons (Fsp3) is 0.467. The molecular weight excluding hydrogens is 208 g/mol. The van der Waals surface area contributed by atoms with Crippen molar-refractivity contribution < 1.29 is 0 Å². The van der Waals surface area contributed by atoms with E-state index in [1.54, 1.807) is 0 Å². The van der Waals surface area contributed by atoms with Crippen molar-refractivity contribution >= 4 is 0 Å². The van der Waals surface area contributed by atoms with E-state index in [0.717, 1.165) is 39.1 Å². The Kier molecular flexibility index (Phi) is 4.61. The standard InChI is InChI=1S/C15H20N2/c1-14-5-4-7-15(13-14)6-2-3-10-17-11-8-16-9-12-17/h4-5,7,13,16H,6,8-12H2,1H3. The maximum absolute atomic E-state index is 3.35. The third kappa shape index (κ3) is 4.22. The molecule has 90 valence electrons. The van der Waals surface area contributed by atoms with Crippen LogP contribution in [0.1, 0.15) is 11.1 Å². The van der Waals surface area contributed by atoms with Gasteiger partial charge in [0.05, 0.1) is 6.54 Å². The van der Waals surface area contributed by atoms with E-state index in [1.165, 1.54) is 11.1 Å². The Hall–Kier alpha value is -1.30. The molecule has 17 heavy (non-hydrogen) atoms. The minimum atomic E-state index is 0.869. The first-order valence-electron chi connectivity index (χ1n) is 6.29. The number of nitrogens with one attached hydrogen (secondary N) is 1. The van der Waals surface area contributed by atoms with E-state index in [-0.39, 0.29) is 0 Å². The zero-order chi connectivity index (χ0) is 11.9. The van der Waals surface area contributed by atoms with Gasteiger partial charge in [-0.1, -0.05) is 41.7 Å². The maximum Gasteiger partial charge on any atom is 0.0602 e. The molecule has 0 aromatic heterocycles. The molecule has 0 unspecified atom stereocenters. The summed E-state index contributed by atoms with van der Waals surface area (Å²) in [7, 11) is 0. The summed E-state index contributed by atoms with van der Waals surface area (Å²) in [6.45, 7) is 7.47. The van der Waals surface area contributed by atoms with E-state index in [4.69, 9.17) is 0 Å². The van der Waals surface area contributed by atoms with Gasteiger partial charge in [0.2, 0.25) is 0 Å². The van der Waals surface area contributed by atoms with Gasteiger partial charge in [0, 0.05) is 32.6 Å². The molecule has 1 heterocycles. The molecule has 0 spiro atoms. The number of benzene rings is 1. The van der Waals surface area contributed by atoms with Crippen molar-refractivity contribution in [1.29, 1.82) is 0 Å². The highest BCUT2D eigenvalue weighted by Crippen LogP contribution is 2.03. The van der Waals surface area contributed by atoms with Crippen molar-refractivity contribution in [3.05, 3.63) is 35.4 Å². The normalized spacial score (nSPS) is 16.3. The third-order valence-corrected chi connectivity index (χ3v) is 3.01. The van der Waals surface area contributed by atoms with Gasteiger partial charge in [-0.25, -0.2) is 0 Å². The van der Waals surface area contributed by atoms with Crippen LogP contribution in [-0.2, 0) is 6.42 Å². The van der Waals surface area contributed by atoms with Crippen molar-refractivity contribution in [2.75, 3.05) is 32.7 Å². The monoisotopic (exact) mass is 228 g/mol. The lowest BCUT2D eigenvalue weighted by Crippen LogP contribution is -2.43. The maximum atomic E-state index is 3.35. The number of rotatable bonds is 2. The number of piperazine rings is 1. The van der Waals surface area contributed by atoms with E-state index in [1.807, 2.05) is 0 Å². The Balaban J connectivity index is 1.78. The average Bonchev–Trinajstić information content (AvgIpc) is 2.36. The second-order valence-corrected chi connectivity index (χ2v) is 4.55. The van der Waals surface area contributed by atoms with Gasteiger partial charge < -0.3 is 5.32 Å². The predicted molar refractivity (Wildman–Crippen MR) is 72.0 cm³/mol. The van der Waals surface area contributed by atoms with Gasteiger partial charge in [0.15, 0.2) is 0 Å². The summed E-state index contributed by atoms with van der Waals surface area (Å²) < 4.78 is 0. The van der Waals surface area contributed by atoms with E-state index >= 15 is 0 Å². The lowest BCUT2D eigenvalue weighted by Gasteiger charge is -2.24. The fourth-order valence-electron chi connectivity index (χ4n) is 2.02. The Morgan fingerprint density at radius 3 is 2.82 bits per heavy atom. The van der Waals surface area contributed by atoms with Crippen molar-refractivity contribution in [1.82, 2.24) is 10.2 Å². The molecule has 1 aliphatic heterocycles. The van der Waals surface area contributed by atoms with Gasteiger partial charge >= 0.3 is 0 Å². The zero-order valence-corrected chi connectivity index (χ0v) is 10.5. The quantitative estimate of drug-likeness (QED) is 0.771. The highest BCUT2D eigenvalue weighted by Gasteiger charge is 2.06. The van der Waals surface area contributed by atoms with Crippen LogP contribution >= 0.6 is 0 Å². The molecule has 1 aromatic rings. The number of hydrogen-bond acceptors (Lipinski definition) is 2. The third-order valence-electron chi connectivity index (χ3n) is 3.01. The summed E-state index contributed by atoms with van der Waals surface area (Å²) >= 11 is 0. The molecule has 1 aromatic carbocycles. The first-order valence-corrected chi connectivity index (χ1v) is 6.29. The van der Waals surface area contributed by atoms with Crippen LogP contribution in [0.5, 0.6) is 0 Å². The summed E-state index contributed by atoms with van der Waals surface area (Å²) in [5.74, 6) is 6.54. The second kappa shape index (κ2) is 6.44. The van der Waals surface area contributed by atoms with Crippen molar-refractivity contribution in [2.45, 2.75) is 13.3 Å². The van der Waals surface area contributed by atoms with E-state index < -0.39 is 0 Å². The van der Waals surface area contributed by atoms with Crippen LogP contribution in [0.3, 0.4) is 0 Å². The van der Waals surface area contributed by atoms with Gasteiger partial charge in [0.25, 0.3) is 0 Å². The summed E-state index contributed by atoms with van der Waals surface area (Å²) in [5.41, 5.74) is 2.63. The Bertz CT molecular complexity index is 408. The number of nitrogens with zero attached hydrogens (tertiary/aromatic N) is 1. The summed E-state index contributed by atoms with van der Waals surface area (Å²) in [6, 6.07) is 8.58. The van der Waals surface area contributed by atoms with E-state index in [0.29, 0.717) is 0 Å². The van der Waals surface area contributed by atoms with Gasteiger partial charge in [-0.3, -0.25) is 4.90 Å². The highest BCUT2D eigenvalue weighted by atomic mass is 15.2. The SMILES string of the molecule is Cc1cccc(CC#CCN2CCNCC2)c1. The minimum Gasteiger partial charge on any atom is -0.314 e. The summed E-state index contributed by atoms with van der Waals surface area (Å²) in [4.78, 5) is 2.40. The molecule has 0 saturated carbocycles. The summed E-state index contributed by atoms with van der Waals surface area (Å²) in [6.07, 6.45) is 0.869. The number of hydrogen-bond donors (Lipinski definition) is 1. The fourth-order valence-corrected chi connectivity index (χ4v) is 2.02. The second-order valence-electron chi connectivity index (χ2n) is 4.55. The molecule has 2 nitrogen and oxygen atoms in total. The molecular formula is C15H20N2. The molecule has 0 radical (unpaired) electrons. The van der Waals surface area contributed by atoms with E-state index in [2.05, 4.69) is 53.2 Å². The zero-order valence-electron chi connectivity index (χ0n) is 10.5.